The zero-order chi connectivity index (χ0) is 19.3. The van der Waals surface area contributed by atoms with Crippen molar-refractivity contribution in [1.29, 1.82) is 0 Å². The van der Waals surface area contributed by atoms with Gasteiger partial charge in [-0.15, -0.1) is 37.2 Å². The van der Waals surface area contributed by atoms with Gasteiger partial charge >= 0.3 is 0 Å². The molecule has 2 heterocycles. The average molecular weight is 485 g/mol. The zero-order valence-electron chi connectivity index (χ0n) is 17.2. The van der Waals surface area contributed by atoms with E-state index in [4.69, 9.17) is 20.4 Å². The molecule has 0 saturated heterocycles. The largest absolute Gasteiger partial charge is 0.497 e. The van der Waals surface area contributed by atoms with Gasteiger partial charge in [-0.25, -0.2) is 9.97 Å². The van der Waals surface area contributed by atoms with E-state index in [0.717, 1.165) is 53.7 Å². The minimum Gasteiger partial charge on any atom is -0.497 e. The Labute approximate surface area is 201 Å². The van der Waals surface area contributed by atoms with Crippen molar-refractivity contribution in [3.63, 3.8) is 0 Å². The van der Waals surface area contributed by atoms with Crippen molar-refractivity contribution in [3.05, 3.63) is 54.1 Å². The Morgan fingerprint density at radius 3 is 2.35 bits per heavy atom. The average Bonchev–Trinajstić information content (AvgIpc) is 2.74. The standard InChI is InChI=1S/C22H25N5O.3ClH/c1-28-18-7-8-20-19(14-18)22(25-17-5-3-16(23)4-6-17)27-21(26-20)9-2-15-10-12-24-13-11-15;;;/h2,7-14,16-17H,3-6,23H2,1H3,(H,25,26,27);3*1H/t16-,17+;;;. The highest BCUT2D eigenvalue weighted by Crippen LogP contribution is 2.28. The fourth-order valence-electron chi connectivity index (χ4n) is 3.54. The highest BCUT2D eigenvalue weighted by molar-refractivity contribution is 5.91. The molecule has 0 radical (unpaired) electrons. The molecule has 1 fully saturated rings. The maximum absolute atomic E-state index is 6.05. The lowest BCUT2D eigenvalue weighted by Crippen LogP contribution is -2.33. The first-order valence-electron chi connectivity index (χ1n) is 9.67. The molecule has 2 aromatic heterocycles. The summed E-state index contributed by atoms with van der Waals surface area (Å²) in [5.41, 5.74) is 8.00. The summed E-state index contributed by atoms with van der Waals surface area (Å²) in [5, 5.41) is 4.60. The van der Waals surface area contributed by atoms with Crippen LogP contribution >= 0.6 is 37.2 Å². The van der Waals surface area contributed by atoms with Crippen LogP contribution in [-0.2, 0) is 0 Å². The number of nitrogens with two attached hydrogens (primary N) is 1. The molecular formula is C22H28Cl3N5O. The molecule has 6 nitrogen and oxygen atoms in total. The number of fused-ring (bicyclic) bond motifs is 1. The first-order valence-corrected chi connectivity index (χ1v) is 9.67. The molecule has 0 amide bonds. The molecule has 0 atom stereocenters. The van der Waals surface area contributed by atoms with E-state index in [1.54, 1.807) is 19.5 Å². The summed E-state index contributed by atoms with van der Waals surface area (Å²) in [6.07, 6.45) is 11.7. The number of aromatic nitrogens is 3. The van der Waals surface area contributed by atoms with Gasteiger partial charge in [-0.2, -0.15) is 0 Å². The first kappa shape index (κ1) is 26.9. The number of anilines is 1. The number of hydrogen-bond donors (Lipinski definition) is 2. The van der Waals surface area contributed by atoms with Gasteiger partial charge in [0.25, 0.3) is 0 Å². The van der Waals surface area contributed by atoms with Gasteiger partial charge in [0.15, 0.2) is 5.82 Å². The molecule has 31 heavy (non-hydrogen) atoms. The molecule has 168 valence electrons. The van der Waals surface area contributed by atoms with E-state index in [9.17, 15) is 0 Å². The molecule has 0 unspecified atom stereocenters. The van der Waals surface area contributed by atoms with Gasteiger partial charge in [-0.05, 0) is 67.7 Å². The predicted molar refractivity (Wildman–Crippen MR) is 135 cm³/mol. The summed E-state index contributed by atoms with van der Waals surface area (Å²) in [6, 6.07) is 10.5. The molecule has 1 aliphatic carbocycles. The summed E-state index contributed by atoms with van der Waals surface area (Å²) in [6.45, 7) is 0. The van der Waals surface area contributed by atoms with Crippen LogP contribution in [0.3, 0.4) is 0 Å². The van der Waals surface area contributed by atoms with Crippen molar-refractivity contribution in [2.45, 2.75) is 37.8 Å². The summed E-state index contributed by atoms with van der Waals surface area (Å²) >= 11 is 0. The molecule has 1 aromatic carbocycles. The minimum atomic E-state index is 0. The summed E-state index contributed by atoms with van der Waals surface area (Å²) in [4.78, 5) is 13.5. The molecule has 3 aromatic rings. The molecule has 1 saturated carbocycles. The van der Waals surface area contributed by atoms with E-state index in [0.29, 0.717) is 17.9 Å². The quantitative estimate of drug-likeness (QED) is 0.521. The predicted octanol–water partition coefficient (Wildman–Crippen LogP) is 5.15. The van der Waals surface area contributed by atoms with Gasteiger partial charge in [0.2, 0.25) is 0 Å². The zero-order valence-corrected chi connectivity index (χ0v) is 19.7. The number of methoxy groups -OCH3 is 1. The van der Waals surface area contributed by atoms with Crippen LogP contribution in [0.2, 0.25) is 0 Å². The lowest BCUT2D eigenvalue weighted by atomic mass is 9.92. The number of nitrogens with one attached hydrogen (secondary N) is 1. The Kier molecular flexibility index (Phi) is 11.0. The second-order valence-electron chi connectivity index (χ2n) is 7.18. The van der Waals surface area contributed by atoms with Crippen molar-refractivity contribution in [2.24, 2.45) is 5.73 Å². The molecule has 9 heteroatoms. The third-order valence-electron chi connectivity index (χ3n) is 5.16. The summed E-state index contributed by atoms with van der Waals surface area (Å²) < 4.78 is 5.40. The number of nitrogens with zero attached hydrogens (tertiary/aromatic N) is 3. The smallest absolute Gasteiger partial charge is 0.154 e. The highest BCUT2D eigenvalue weighted by atomic mass is 35.5. The monoisotopic (exact) mass is 483 g/mol. The van der Waals surface area contributed by atoms with Crippen LogP contribution in [0.4, 0.5) is 5.82 Å². The van der Waals surface area contributed by atoms with Crippen molar-refractivity contribution in [3.8, 4) is 5.75 Å². The second-order valence-corrected chi connectivity index (χ2v) is 7.18. The SMILES string of the molecule is COc1ccc2nc(C=Cc3ccncc3)nc(N[C@H]3CC[C@@H](N)CC3)c2c1.Cl.Cl.Cl. The fourth-order valence-corrected chi connectivity index (χ4v) is 3.54. The highest BCUT2D eigenvalue weighted by Gasteiger charge is 2.20. The molecule has 0 aliphatic heterocycles. The third kappa shape index (κ3) is 6.94. The molecule has 0 spiro atoms. The van der Waals surface area contributed by atoms with Gasteiger partial charge in [0, 0.05) is 29.9 Å². The summed E-state index contributed by atoms with van der Waals surface area (Å²) in [7, 11) is 1.67. The van der Waals surface area contributed by atoms with E-state index < -0.39 is 0 Å². The fraction of sp³-hybridized carbons (Fsp3) is 0.318. The second kappa shape index (κ2) is 12.7. The van der Waals surface area contributed by atoms with Crippen molar-refractivity contribution in [1.82, 2.24) is 15.0 Å². The third-order valence-corrected chi connectivity index (χ3v) is 5.16. The van der Waals surface area contributed by atoms with Gasteiger partial charge < -0.3 is 15.8 Å². The normalized spacial score (nSPS) is 17.9. The van der Waals surface area contributed by atoms with Crippen LogP contribution < -0.4 is 15.8 Å². The van der Waals surface area contributed by atoms with Crippen LogP contribution in [0.1, 0.15) is 37.1 Å². The van der Waals surface area contributed by atoms with E-state index in [1.807, 2.05) is 42.5 Å². The van der Waals surface area contributed by atoms with Crippen LogP contribution in [0.25, 0.3) is 23.1 Å². The maximum atomic E-state index is 6.05. The number of halogens is 3. The van der Waals surface area contributed by atoms with Crippen molar-refractivity contribution >= 4 is 66.1 Å². The van der Waals surface area contributed by atoms with Gasteiger partial charge in [0.1, 0.15) is 11.6 Å². The number of hydrogen-bond acceptors (Lipinski definition) is 6. The van der Waals surface area contributed by atoms with E-state index in [-0.39, 0.29) is 37.2 Å². The Morgan fingerprint density at radius 1 is 0.968 bits per heavy atom. The van der Waals surface area contributed by atoms with Gasteiger partial charge in [-0.3, -0.25) is 4.98 Å². The van der Waals surface area contributed by atoms with E-state index >= 15 is 0 Å². The molecule has 3 N–H and O–H groups in total. The van der Waals surface area contributed by atoms with Crippen LogP contribution in [-0.4, -0.2) is 34.1 Å². The van der Waals surface area contributed by atoms with Crippen molar-refractivity contribution in [2.75, 3.05) is 12.4 Å². The number of benzene rings is 1. The lowest BCUT2D eigenvalue weighted by molar-refractivity contribution is 0.410. The minimum absolute atomic E-state index is 0. The number of ether oxygens (including phenoxy) is 1. The number of pyridine rings is 1. The van der Waals surface area contributed by atoms with Gasteiger partial charge in [0.05, 0.1) is 12.6 Å². The van der Waals surface area contributed by atoms with Crippen molar-refractivity contribution < 1.29 is 4.74 Å². The first-order chi connectivity index (χ1) is 13.7. The van der Waals surface area contributed by atoms with Crippen LogP contribution in [0, 0.1) is 0 Å². The Bertz CT molecular complexity index is 980. The molecular weight excluding hydrogens is 457 g/mol. The Morgan fingerprint density at radius 2 is 1.68 bits per heavy atom. The van der Waals surface area contributed by atoms with Crippen LogP contribution in [0.15, 0.2) is 42.7 Å². The van der Waals surface area contributed by atoms with E-state index in [2.05, 4.69) is 10.3 Å². The molecule has 0 bridgehead atoms. The Hall–Kier alpha value is -2.12. The molecule has 4 rings (SSSR count). The topological polar surface area (TPSA) is 86.0 Å². The summed E-state index contributed by atoms with van der Waals surface area (Å²) in [5.74, 6) is 2.31. The van der Waals surface area contributed by atoms with E-state index in [1.165, 1.54) is 0 Å². The van der Waals surface area contributed by atoms with Gasteiger partial charge in [-0.1, -0.05) is 6.08 Å². The molecule has 1 aliphatic rings. The van der Waals surface area contributed by atoms with Crippen LogP contribution in [0.5, 0.6) is 5.75 Å². The maximum Gasteiger partial charge on any atom is 0.154 e. The lowest BCUT2D eigenvalue weighted by Gasteiger charge is -2.27. The Balaban J connectivity index is 0.00000160. The number of rotatable bonds is 5.